The van der Waals surface area contributed by atoms with E-state index < -0.39 is 10.4 Å². The third-order valence-electron chi connectivity index (χ3n) is 1.22. The molecule has 1 rings (SSSR count). The van der Waals surface area contributed by atoms with Gasteiger partial charge in [0.1, 0.15) is 5.75 Å². The van der Waals surface area contributed by atoms with E-state index in [4.69, 9.17) is 4.55 Å². The van der Waals surface area contributed by atoms with Gasteiger partial charge < -0.3 is 4.18 Å². The molecule has 0 fully saturated rings. The molecule has 0 bridgehead atoms. The van der Waals surface area contributed by atoms with Crippen LogP contribution >= 0.6 is 0 Å². The van der Waals surface area contributed by atoms with E-state index in [0.717, 1.165) is 5.56 Å². The Morgan fingerprint density at radius 2 is 1.69 bits per heavy atom. The van der Waals surface area contributed by atoms with Gasteiger partial charge in [0.05, 0.1) is 0 Å². The molecule has 13 heavy (non-hydrogen) atoms. The zero-order valence-corrected chi connectivity index (χ0v) is 7.21. The molecule has 1 aromatic carbocycles. The maximum absolute atomic E-state index is 10.2. The third-order valence-corrected chi connectivity index (χ3v) is 1.63. The van der Waals surface area contributed by atoms with E-state index in [1.165, 1.54) is 12.1 Å². The van der Waals surface area contributed by atoms with Crippen molar-refractivity contribution in [2.75, 3.05) is 0 Å². The number of aryl methyl sites for hydroxylation is 1. The molecule has 68 valence electrons. The number of hydrogen-bond donors (Lipinski definition) is 1. The Hall–Kier alpha value is -0.473. The van der Waals surface area contributed by atoms with Crippen LogP contribution in [0.3, 0.4) is 0 Å². The molecule has 0 unspecified atom stereocenters. The van der Waals surface area contributed by atoms with Crippen molar-refractivity contribution in [3.05, 3.63) is 29.8 Å². The third kappa shape index (κ3) is 4.96. The summed E-state index contributed by atoms with van der Waals surface area (Å²) in [7, 11) is -4.39. The van der Waals surface area contributed by atoms with Crippen molar-refractivity contribution in [1.29, 1.82) is 0 Å². The van der Waals surface area contributed by atoms with Gasteiger partial charge in [-0.2, -0.15) is 8.42 Å². The predicted octanol–water partition coefficient (Wildman–Crippen LogP) is 0.528. The van der Waals surface area contributed by atoms with Gasteiger partial charge in [0, 0.05) is 0 Å². The zero-order valence-electron chi connectivity index (χ0n) is 6.39. The fourth-order valence-corrected chi connectivity index (χ4v) is 1.07. The van der Waals surface area contributed by atoms with Crippen molar-refractivity contribution in [3.8, 4) is 5.75 Å². The second-order valence-electron chi connectivity index (χ2n) is 2.32. The molecule has 1 N–H and O–H groups in total. The molecule has 0 amide bonds. The molecular formula is C7H9LiO4S. The summed E-state index contributed by atoms with van der Waals surface area (Å²) < 4.78 is 32.9. The molecule has 0 saturated carbocycles. The Morgan fingerprint density at radius 3 is 2.08 bits per heavy atom. The second kappa shape index (κ2) is 4.68. The van der Waals surface area contributed by atoms with Crippen LogP contribution in [0.5, 0.6) is 5.75 Å². The van der Waals surface area contributed by atoms with Crippen molar-refractivity contribution in [1.82, 2.24) is 0 Å². The molecule has 0 atom stereocenters. The topological polar surface area (TPSA) is 63.6 Å². The Kier molecular flexibility index (Phi) is 4.51. The fraction of sp³-hybridized carbons (Fsp3) is 0.143. The van der Waals surface area contributed by atoms with Crippen molar-refractivity contribution >= 4 is 29.3 Å². The average molecular weight is 196 g/mol. The van der Waals surface area contributed by atoms with Crippen molar-refractivity contribution in [2.45, 2.75) is 6.92 Å². The van der Waals surface area contributed by atoms with Gasteiger partial charge in [0.2, 0.25) is 0 Å². The summed E-state index contributed by atoms with van der Waals surface area (Å²) >= 11 is 0. The SMILES string of the molecule is Cc1ccc(OS(=O)(=O)O)cc1.[LiH]. The molecule has 0 saturated heterocycles. The quantitative estimate of drug-likeness (QED) is 0.553. The molecule has 4 nitrogen and oxygen atoms in total. The summed E-state index contributed by atoms with van der Waals surface area (Å²) in [5.74, 6) is 0.100. The molecule has 0 aliphatic rings. The van der Waals surface area contributed by atoms with Crippen LogP contribution in [0, 0.1) is 6.92 Å². The monoisotopic (exact) mass is 196 g/mol. The Bertz CT molecular complexity index is 357. The zero-order chi connectivity index (χ0) is 9.19. The van der Waals surface area contributed by atoms with Gasteiger partial charge in [-0.1, -0.05) is 17.7 Å². The van der Waals surface area contributed by atoms with E-state index in [9.17, 15) is 8.42 Å². The first kappa shape index (κ1) is 12.5. The molecular weight excluding hydrogens is 187 g/mol. The Morgan fingerprint density at radius 1 is 1.23 bits per heavy atom. The van der Waals surface area contributed by atoms with Gasteiger partial charge >= 0.3 is 29.3 Å². The van der Waals surface area contributed by atoms with Gasteiger partial charge in [-0.05, 0) is 19.1 Å². The summed E-state index contributed by atoms with van der Waals surface area (Å²) in [6.07, 6.45) is 0. The molecule has 6 heteroatoms. The molecule has 0 radical (unpaired) electrons. The second-order valence-corrected chi connectivity index (χ2v) is 3.35. The van der Waals surface area contributed by atoms with Crippen molar-refractivity contribution < 1.29 is 17.2 Å². The minimum atomic E-state index is -4.39. The summed E-state index contributed by atoms with van der Waals surface area (Å²) in [5, 5.41) is 0. The van der Waals surface area contributed by atoms with E-state index >= 15 is 0 Å². The Labute approximate surface area is 89.0 Å². The molecule has 0 heterocycles. The van der Waals surface area contributed by atoms with Crippen molar-refractivity contribution in [2.24, 2.45) is 0 Å². The van der Waals surface area contributed by atoms with Crippen molar-refractivity contribution in [3.63, 3.8) is 0 Å². The first-order valence-electron chi connectivity index (χ1n) is 3.21. The number of rotatable bonds is 2. The van der Waals surface area contributed by atoms with Crippen LogP contribution in [0.15, 0.2) is 24.3 Å². The van der Waals surface area contributed by atoms with Crippen LogP contribution in [0.25, 0.3) is 0 Å². The molecule has 0 aliphatic carbocycles. The Balaban J connectivity index is 0.00000144. The van der Waals surface area contributed by atoms with E-state index in [1.807, 2.05) is 6.92 Å². The summed E-state index contributed by atoms with van der Waals surface area (Å²) in [6.45, 7) is 1.86. The minimum absolute atomic E-state index is 0. The standard InChI is InChI=1S/C7H8O4S.Li.H/c1-6-2-4-7(5-3-6)11-12(8,9)10;;/h2-5H,1H3,(H,8,9,10);;. The van der Waals surface area contributed by atoms with Crippen LogP contribution in [-0.4, -0.2) is 31.8 Å². The summed E-state index contributed by atoms with van der Waals surface area (Å²) in [6, 6.07) is 6.28. The van der Waals surface area contributed by atoms with Gasteiger partial charge in [0.15, 0.2) is 0 Å². The summed E-state index contributed by atoms with van der Waals surface area (Å²) in [5.41, 5.74) is 0.984. The van der Waals surface area contributed by atoms with Gasteiger partial charge in [-0.3, -0.25) is 4.55 Å². The average Bonchev–Trinajstić information content (AvgIpc) is 1.91. The molecule has 1 aromatic rings. The van der Waals surface area contributed by atoms with Gasteiger partial charge in [-0.15, -0.1) is 0 Å². The number of benzene rings is 1. The van der Waals surface area contributed by atoms with E-state index in [-0.39, 0.29) is 24.6 Å². The van der Waals surface area contributed by atoms with E-state index in [2.05, 4.69) is 4.18 Å². The van der Waals surface area contributed by atoms with Gasteiger partial charge in [-0.25, -0.2) is 0 Å². The van der Waals surface area contributed by atoms with Crippen LogP contribution < -0.4 is 4.18 Å². The van der Waals surface area contributed by atoms with Crippen LogP contribution in [0.4, 0.5) is 0 Å². The maximum atomic E-state index is 10.2. The van der Waals surface area contributed by atoms with E-state index in [0.29, 0.717) is 0 Å². The predicted molar refractivity (Wildman–Crippen MR) is 50.5 cm³/mol. The molecule has 0 aromatic heterocycles. The molecule has 0 spiro atoms. The van der Waals surface area contributed by atoms with Crippen LogP contribution in [0.2, 0.25) is 0 Å². The van der Waals surface area contributed by atoms with E-state index in [1.54, 1.807) is 12.1 Å². The first-order valence-corrected chi connectivity index (χ1v) is 4.57. The van der Waals surface area contributed by atoms with Gasteiger partial charge in [0.25, 0.3) is 0 Å². The normalized spacial score (nSPS) is 10.3. The first-order chi connectivity index (χ1) is 5.47. The number of hydrogen-bond acceptors (Lipinski definition) is 3. The molecule has 0 aliphatic heterocycles. The van der Waals surface area contributed by atoms with Crippen LogP contribution in [-0.2, 0) is 10.4 Å². The van der Waals surface area contributed by atoms with Crippen LogP contribution in [0.1, 0.15) is 5.56 Å². The fourth-order valence-electron chi connectivity index (χ4n) is 0.715. The summed E-state index contributed by atoms with van der Waals surface area (Å²) in [4.78, 5) is 0.